The Hall–Kier alpha value is -0.980. The summed E-state index contributed by atoms with van der Waals surface area (Å²) in [5.41, 5.74) is 0.468. The number of ether oxygens (including phenoxy) is 1. The Morgan fingerprint density at radius 3 is 2.87 bits per heavy atom. The van der Waals surface area contributed by atoms with E-state index in [1.807, 2.05) is 10.3 Å². The third-order valence-corrected chi connectivity index (χ3v) is 6.13. The maximum absolute atomic E-state index is 12.8. The summed E-state index contributed by atoms with van der Waals surface area (Å²) >= 11 is 1.63. The Balaban J connectivity index is 1.70. The van der Waals surface area contributed by atoms with Crippen LogP contribution in [0.25, 0.3) is 0 Å². The number of nitrogens with one attached hydrogen (secondary N) is 1. The third kappa shape index (κ3) is 3.59. The highest BCUT2D eigenvalue weighted by Gasteiger charge is 2.39. The molecule has 0 bridgehead atoms. The van der Waals surface area contributed by atoms with E-state index in [9.17, 15) is 4.79 Å². The molecule has 0 aliphatic carbocycles. The fourth-order valence-electron chi connectivity index (χ4n) is 3.58. The van der Waals surface area contributed by atoms with E-state index < -0.39 is 0 Å². The summed E-state index contributed by atoms with van der Waals surface area (Å²) in [4.78, 5) is 19.4. The third-order valence-electron chi connectivity index (χ3n) is 5.13. The predicted octanol–water partition coefficient (Wildman–Crippen LogP) is 2.64. The van der Waals surface area contributed by atoms with Gasteiger partial charge in [0.05, 0.1) is 23.8 Å². The van der Waals surface area contributed by atoms with Gasteiger partial charge in [0, 0.05) is 17.8 Å². The Morgan fingerprint density at radius 1 is 1.43 bits per heavy atom. The van der Waals surface area contributed by atoms with Crippen molar-refractivity contribution in [1.82, 2.24) is 15.2 Å². The number of aromatic nitrogens is 1. The van der Waals surface area contributed by atoms with Crippen LogP contribution in [-0.2, 0) is 4.74 Å². The molecular weight excluding hydrogens is 310 g/mol. The molecule has 1 N–H and O–H groups in total. The second kappa shape index (κ2) is 7.28. The van der Waals surface area contributed by atoms with Crippen LogP contribution in [0.3, 0.4) is 0 Å². The highest BCUT2D eigenvalue weighted by Crippen LogP contribution is 2.30. The molecule has 5 nitrogen and oxygen atoms in total. The monoisotopic (exact) mass is 337 g/mol. The van der Waals surface area contributed by atoms with Gasteiger partial charge in [-0.25, -0.2) is 4.98 Å². The van der Waals surface area contributed by atoms with Gasteiger partial charge >= 0.3 is 0 Å². The topological polar surface area (TPSA) is 54.5 Å². The summed E-state index contributed by atoms with van der Waals surface area (Å²) in [6, 6.07) is 0. The number of hydrogen-bond acceptors (Lipinski definition) is 5. The van der Waals surface area contributed by atoms with Crippen molar-refractivity contribution in [3.8, 4) is 0 Å². The van der Waals surface area contributed by atoms with Gasteiger partial charge in [-0.15, -0.1) is 11.3 Å². The summed E-state index contributed by atoms with van der Waals surface area (Å²) < 4.78 is 6.05. The molecule has 0 radical (unpaired) electrons. The Kier molecular flexibility index (Phi) is 5.34. The molecule has 0 saturated carbocycles. The van der Waals surface area contributed by atoms with Gasteiger partial charge in [0.2, 0.25) is 0 Å². The molecule has 0 unspecified atom stereocenters. The molecule has 1 aromatic rings. The van der Waals surface area contributed by atoms with Gasteiger partial charge in [0.15, 0.2) is 0 Å². The lowest BCUT2D eigenvalue weighted by Crippen LogP contribution is -2.57. The minimum absolute atomic E-state index is 0.0691. The number of carbonyl (C=O) groups excluding carboxylic acids is 1. The maximum Gasteiger partial charge on any atom is 0.273 e. The van der Waals surface area contributed by atoms with E-state index in [1.165, 1.54) is 0 Å². The zero-order chi connectivity index (χ0) is 16.3. The summed E-state index contributed by atoms with van der Waals surface area (Å²) in [5, 5.41) is 6.40. The van der Waals surface area contributed by atoms with E-state index in [1.54, 1.807) is 11.3 Å². The predicted molar refractivity (Wildman–Crippen MR) is 92.1 cm³/mol. The molecule has 2 aliphatic rings. The summed E-state index contributed by atoms with van der Waals surface area (Å²) in [6.07, 6.45) is 4.11. The molecule has 1 aromatic heterocycles. The van der Waals surface area contributed by atoms with E-state index in [2.05, 4.69) is 24.1 Å². The van der Waals surface area contributed by atoms with Gasteiger partial charge in [0.25, 0.3) is 5.91 Å². The SMILES string of the molecule is CCC(CC)c1nc(C(=O)N2CCOC3(CCNCC3)C2)cs1. The molecule has 2 aliphatic heterocycles. The molecule has 0 atom stereocenters. The molecule has 1 amide bonds. The number of morpholine rings is 1. The Labute approximate surface area is 142 Å². The minimum atomic E-state index is -0.145. The largest absolute Gasteiger partial charge is 0.371 e. The molecule has 23 heavy (non-hydrogen) atoms. The fraction of sp³-hybridized carbons (Fsp3) is 0.765. The van der Waals surface area contributed by atoms with Crippen molar-refractivity contribution < 1.29 is 9.53 Å². The number of piperidine rings is 1. The highest BCUT2D eigenvalue weighted by molar-refractivity contribution is 7.09. The van der Waals surface area contributed by atoms with E-state index >= 15 is 0 Å². The molecule has 128 valence electrons. The van der Waals surface area contributed by atoms with Gasteiger partial charge in [-0.05, 0) is 38.8 Å². The van der Waals surface area contributed by atoms with Crippen LogP contribution in [0.15, 0.2) is 5.38 Å². The molecule has 1 spiro atoms. The zero-order valence-electron chi connectivity index (χ0n) is 14.1. The van der Waals surface area contributed by atoms with E-state index in [0.29, 0.717) is 31.3 Å². The standard InChI is InChI=1S/C17H27N3O2S/c1-3-13(4-2)15-19-14(11-23-15)16(21)20-9-10-22-17(12-20)5-7-18-8-6-17/h11,13,18H,3-10,12H2,1-2H3. The van der Waals surface area contributed by atoms with E-state index in [0.717, 1.165) is 43.8 Å². The van der Waals surface area contributed by atoms with Crippen molar-refractivity contribution in [2.45, 2.75) is 51.0 Å². The van der Waals surface area contributed by atoms with Crippen LogP contribution < -0.4 is 5.32 Å². The van der Waals surface area contributed by atoms with Crippen molar-refractivity contribution in [3.63, 3.8) is 0 Å². The van der Waals surface area contributed by atoms with Crippen molar-refractivity contribution in [2.75, 3.05) is 32.8 Å². The molecule has 6 heteroatoms. The van der Waals surface area contributed by atoms with Gasteiger partial charge in [0.1, 0.15) is 5.69 Å². The van der Waals surface area contributed by atoms with Crippen molar-refractivity contribution in [3.05, 3.63) is 16.1 Å². The summed E-state index contributed by atoms with van der Waals surface area (Å²) in [7, 11) is 0. The van der Waals surface area contributed by atoms with Crippen LogP contribution >= 0.6 is 11.3 Å². The molecule has 3 rings (SSSR count). The average molecular weight is 337 g/mol. The summed E-state index contributed by atoms with van der Waals surface area (Å²) in [6.45, 7) is 8.31. The normalized spacial score (nSPS) is 21.1. The second-order valence-electron chi connectivity index (χ2n) is 6.59. The molecule has 2 saturated heterocycles. The maximum atomic E-state index is 12.8. The first-order valence-electron chi connectivity index (χ1n) is 8.77. The number of rotatable bonds is 4. The number of nitrogens with zero attached hydrogens (tertiary/aromatic N) is 2. The van der Waals surface area contributed by atoms with Gasteiger partial charge < -0.3 is 15.0 Å². The van der Waals surface area contributed by atoms with Gasteiger partial charge in [-0.3, -0.25) is 4.79 Å². The lowest BCUT2D eigenvalue weighted by Gasteiger charge is -2.44. The van der Waals surface area contributed by atoms with Gasteiger partial charge in [-0.2, -0.15) is 0 Å². The van der Waals surface area contributed by atoms with Crippen LogP contribution in [0, 0.1) is 0 Å². The number of amides is 1. The average Bonchev–Trinajstić information content (AvgIpc) is 3.06. The number of carbonyl (C=O) groups is 1. The zero-order valence-corrected chi connectivity index (χ0v) is 15.0. The molecule has 0 aromatic carbocycles. The van der Waals surface area contributed by atoms with Crippen molar-refractivity contribution in [2.24, 2.45) is 0 Å². The van der Waals surface area contributed by atoms with Crippen LogP contribution in [0.4, 0.5) is 0 Å². The second-order valence-corrected chi connectivity index (χ2v) is 7.48. The first-order chi connectivity index (χ1) is 11.2. The van der Waals surface area contributed by atoms with Crippen LogP contribution in [0.1, 0.15) is 60.9 Å². The summed E-state index contributed by atoms with van der Waals surface area (Å²) in [5.74, 6) is 0.543. The minimum Gasteiger partial charge on any atom is -0.371 e. The Morgan fingerprint density at radius 2 is 2.17 bits per heavy atom. The van der Waals surface area contributed by atoms with Crippen molar-refractivity contribution in [1.29, 1.82) is 0 Å². The van der Waals surface area contributed by atoms with Gasteiger partial charge in [-0.1, -0.05) is 13.8 Å². The Bertz CT molecular complexity index is 530. The quantitative estimate of drug-likeness (QED) is 0.918. The highest BCUT2D eigenvalue weighted by atomic mass is 32.1. The number of hydrogen-bond donors (Lipinski definition) is 1. The van der Waals surface area contributed by atoms with Crippen molar-refractivity contribution >= 4 is 17.2 Å². The van der Waals surface area contributed by atoms with E-state index in [4.69, 9.17) is 4.74 Å². The molecule has 3 heterocycles. The van der Waals surface area contributed by atoms with Crippen LogP contribution in [0.2, 0.25) is 0 Å². The lowest BCUT2D eigenvalue weighted by molar-refractivity contribution is -0.114. The number of thiazole rings is 1. The molecule has 2 fully saturated rings. The lowest BCUT2D eigenvalue weighted by atomic mass is 9.90. The molecular formula is C17H27N3O2S. The van der Waals surface area contributed by atoms with Crippen LogP contribution in [0.5, 0.6) is 0 Å². The first-order valence-corrected chi connectivity index (χ1v) is 9.65. The van der Waals surface area contributed by atoms with Crippen LogP contribution in [-0.4, -0.2) is 54.2 Å². The smallest absolute Gasteiger partial charge is 0.273 e. The first kappa shape index (κ1) is 16.9. The fourth-order valence-corrected chi connectivity index (χ4v) is 4.64. The van der Waals surface area contributed by atoms with E-state index in [-0.39, 0.29) is 11.5 Å².